The van der Waals surface area contributed by atoms with Crippen LogP contribution in [-0.4, -0.2) is 54.3 Å². The molecule has 1 amide bonds. The molecule has 2 rings (SSSR count). The molecule has 0 spiro atoms. The van der Waals surface area contributed by atoms with E-state index in [4.69, 9.17) is 14.2 Å². The van der Waals surface area contributed by atoms with Gasteiger partial charge in [-0.15, -0.1) is 0 Å². The van der Waals surface area contributed by atoms with Crippen LogP contribution in [0.4, 0.5) is 0 Å². The first-order chi connectivity index (χ1) is 14.3. The number of amides is 1. The summed E-state index contributed by atoms with van der Waals surface area (Å²) in [6, 6.07) is 12.2. The molecule has 0 unspecified atom stereocenters. The number of sulfonamides is 1. The highest BCUT2D eigenvalue weighted by molar-refractivity contribution is 7.89. The predicted molar refractivity (Wildman–Crippen MR) is 113 cm³/mol. The van der Waals surface area contributed by atoms with Crippen molar-refractivity contribution >= 4 is 15.9 Å². The fourth-order valence-corrected chi connectivity index (χ4v) is 4.12. The molecular weight excluding hydrogens is 408 g/mol. The Morgan fingerprint density at radius 1 is 1.00 bits per heavy atom. The van der Waals surface area contributed by atoms with Crippen LogP contribution >= 0.6 is 0 Å². The molecular formula is C21H28N2O6S. The van der Waals surface area contributed by atoms with Gasteiger partial charge in [-0.2, -0.15) is 4.72 Å². The van der Waals surface area contributed by atoms with E-state index in [0.717, 1.165) is 5.56 Å². The van der Waals surface area contributed by atoms with Gasteiger partial charge in [-0.25, -0.2) is 8.42 Å². The maximum Gasteiger partial charge on any atom is 0.241 e. The molecule has 0 radical (unpaired) electrons. The van der Waals surface area contributed by atoms with E-state index in [1.165, 1.54) is 39.5 Å². The minimum Gasteiger partial charge on any atom is -0.493 e. The molecule has 0 aliphatic carbocycles. The third kappa shape index (κ3) is 6.45. The first kappa shape index (κ1) is 23.7. The van der Waals surface area contributed by atoms with Crippen molar-refractivity contribution in [1.82, 2.24) is 10.0 Å². The highest BCUT2D eigenvalue weighted by Gasteiger charge is 2.27. The molecule has 8 nitrogen and oxygen atoms in total. The van der Waals surface area contributed by atoms with Crippen LogP contribution in [0.15, 0.2) is 53.4 Å². The maximum absolute atomic E-state index is 13.0. The number of carbonyl (C=O) groups is 1. The van der Waals surface area contributed by atoms with Gasteiger partial charge in [0, 0.05) is 19.2 Å². The normalized spacial score (nSPS) is 13.3. The van der Waals surface area contributed by atoms with E-state index in [-0.39, 0.29) is 23.1 Å². The van der Waals surface area contributed by atoms with Crippen molar-refractivity contribution in [3.63, 3.8) is 0 Å². The maximum atomic E-state index is 13.0. The fourth-order valence-electron chi connectivity index (χ4n) is 2.91. The van der Waals surface area contributed by atoms with Gasteiger partial charge in [-0.1, -0.05) is 30.3 Å². The molecule has 9 heteroatoms. The lowest BCUT2D eigenvalue weighted by Crippen LogP contribution is -2.50. The second-order valence-electron chi connectivity index (χ2n) is 6.75. The number of ether oxygens (including phenoxy) is 3. The topological polar surface area (TPSA) is 103 Å². The van der Waals surface area contributed by atoms with Gasteiger partial charge >= 0.3 is 0 Å². The number of carbonyl (C=O) groups excluding carboxylic acids is 1. The van der Waals surface area contributed by atoms with Crippen LogP contribution in [0.2, 0.25) is 0 Å². The lowest BCUT2D eigenvalue weighted by molar-refractivity contribution is -0.123. The Hall–Kier alpha value is -2.62. The van der Waals surface area contributed by atoms with E-state index in [1.54, 1.807) is 6.92 Å². The molecule has 0 aliphatic heterocycles. The van der Waals surface area contributed by atoms with Gasteiger partial charge in [-0.3, -0.25) is 4.79 Å². The summed E-state index contributed by atoms with van der Waals surface area (Å²) in [5, 5.41) is 2.78. The van der Waals surface area contributed by atoms with Crippen LogP contribution in [0.25, 0.3) is 0 Å². The lowest BCUT2D eigenvalue weighted by Gasteiger charge is -2.21. The van der Waals surface area contributed by atoms with Crippen molar-refractivity contribution in [3.05, 3.63) is 54.1 Å². The molecule has 2 aromatic carbocycles. The summed E-state index contributed by atoms with van der Waals surface area (Å²) in [4.78, 5) is 12.8. The predicted octanol–water partition coefficient (Wildman–Crippen LogP) is 1.74. The zero-order chi connectivity index (χ0) is 22.1. The van der Waals surface area contributed by atoms with E-state index >= 15 is 0 Å². The molecule has 0 bridgehead atoms. The van der Waals surface area contributed by atoms with Gasteiger partial charge in [0.1, 0.15) is 6.04 Å². The minimum atomic E-state index is -4.01. The highest BCUT2D eigenvalue weighted by atomic mass is 32.2. The van der Waals surface area contributed by atoms with Crippen LogP contribution in [-0.2, 0) is 26.0 Å². The quantitative estimate of drug-likeness (QED) is 0.556. The third-order valence-electron chi connectivity index (χ3n) is 4.37. The molecule has 0 saturated carbocycles. The Morgan fingerprint density at radius 2 is 1.67 bits per heavy atom. The van der Waals surface area contributed by atoms with Gasteiger partial charge < -0.3 is 19.5 Å². The van der Waals surface area contributed by atoms with Gasteiger partial charge in [0.25, 0.3) is 0 Å². The summed E-state index contributed by atoms with van der Waals surface area (Å²) < 4.78 is 43.9. The molecule has 2 aromatic rings. The number of nitrogens with one attached hydrogen (secondary N) is 2. The average molecular weight is 437 g/mol. The fraction of sp³-hybridized carbons (Fsp3) is 0.381. The van der Waals surface area contributed by atoms with Crippen molar-refractivity contribution < 1.29 is 27.4 Å². The Bertz CT molecular complexity index is 934. The van der Waals surface area contributed by atoms with E-state index < -0.39 is 22.0 Å². The van der Waals surface area contributed by atoms with Crippen LogP contribution in [0.1, 0.15) is 12.5 Å². The van der Waals surface area contributed by atoms with Crippen molar-refractivity contribution in [3.8, 4) is 11.5 Å². The lowest BCUT2D eigenvalue weighted by atomic mass is 10.1. The van der Waals surface area contributed by atoms with Gasteiger partial charge in [0.2, 0.25) is 15.9 Å². The number of hydrogen-bond donors (Lipinski definition) is 2. The van der Waals surface area contributed by atoms with Crippen molar-refractivity contribution in [2.75, 3.05) is 27.9 Å². The zero-order valence-electron chi connectivity index (χ0n) is 17.5. The summed E-state index contributed by atoms with van der Waals surface area (Å²) in [5.74, 6) is 0.244. The largest absolute Gasteiger partial charge is 0.493 e. The number of rotatable bonds is 11. The van der Waals surface area contributed by atoms with E-state index in [9.17, 15) is 13.2 Å². The first-order valence-electron chi connectivity index (χ1n) is 9.38. The molecule has 0 saturated heterocycles. The van der Waals surface area contributed by atoms with Crippen LogP contribution < -0.4 is 19.5 Å². The van der Waals surface area contributed by atoms with E-state index in [2.05, 4.69) is 10.0 Å². The molecule has 0 aliphatic rings. The smallest absolute Gasteiger partial charge is 0.241 e. The Labute approximate surface area is 177 Å². The summed E-state index contributed by atoms with van der Waals surface area (Å²) in [7, 11) is 0.409. The summed E-state index contributed by atoms with van der Waals surface area (Å²) in [6.45, 7) is 2.09. The Balaban J connectivity index is 2.30. The molecule has 164 valence electrons. The molecule has 30 heavy (non-hydrogen) atoms. The summed E-state index contributed by atoms with van der Waals surface area (Å²) in [5.41, 5.74) is 0.826. The van der Waals surface area contributed by atoms with Crippen molar-refractivity contribution in [2.24, 2.45) is 0 Å². The average Bonchev–Trinajstić information content (AvgIpc) is 2.73. The molecule has 0 heterocycles. The van der Waals surface area contributed by atoms with E-state index in [0.29, 0.717) is 12.4 Å². The zero-order valence-corrected chi connectivity index (χ0v) is 18.4. The molecule has 0 aromatic heterocycles. The first-order valence-corrected chi connectivity index (χ1v) is 10.9. The third-order valence-corrected chi connectivity index (χ3v) is 5.84. The standard InChI is InChI=1S/C21H28N2O6S/c1-15(14-27-2)22-21(24)18(12-16-8-6-5-7-9-16)23-30(25,26)17-10-11-19(28-3)20(13-17)29-4/h5-11,13,15,18,23H,12,14H2,1-4H3,(H,22,24)/t15-,18-/m1/s1. The van der Waals surface area contributed by atoms with Crippen molar-refractivity contribution in [1.29, 1.82) is 0 Å². The minimum absolute atomic E-state index is 0.0315. The monoisotopic (exact) mass is 436 g/mol. The molecule has 2 N–H and O–H groups in total. The van der Waals surface area contributed by atoms with Crippen molar-refractivity contribution in [2.45, 2.75) is 30.3 Å². The van der Waals surface area contributed by atoms with Crippen LogP contribution in [0.5, 0.6) is 11.5 Å². The van der Waals surface area contributed by atoms with Gasteiger partial charge in [-0.05, 0) is 31.0 Å². The molecule has 0 fully saturated rings. The highest BCUT2D eigenvalue weighted by Crippen LogP contribution is 2.29. The number of methoxy groups -OCH3 is 3. The Morgan fingerprint density at radius 3 is 2.27 bits per heavy atom. The number of benzene rings is 2. The second kappa shape index (κ2) is 11.0. The SMILES string of the molecule is COC[C@@H](C)NC(=O)[C@@H](Cc1ccccc1)NS(=O)(=O)c1ccc(OC)c(OC)c1. The second-order valence-corrected chi connectivity index (χ2v) is 8.46. The molecule has 2 atom stereocenters. The number of hydrogen-bond acceptors (Lipinski definition) is 6. The van der Waals surface area contributed by atoms with Crippen LogP contribution in [0.3, 0.4) is 0 Å². The summed E-state index contributed by atoms with van der Waals surface area (Å²) in [6.07, 6.45) is 0.193. The van der Waals surface area contributed by atoms with Gasteiger partial charge in [0.15, 0.2) is 11.5 Å². The van der Waals surface area contributed by atoms with E-state index in [1.807, 2.05) is 30.3 Å². The van der Waals surface area contributed by atoms with Crippen LogP contribution in [0, 0.1) is 0 Å². The van der Waals surface area contributed by atoms with Gasteiger partial charge in [0.05, 0.1) is 25.7 Å². The Kier molecular flexibility index (Phi) is 8.64. The summed E-state index contributed by atoms with van der Waals surface area (Å²) >= 11 is 0.